The van der Waals surface area contributed by atoms with E-state index >= 15 is 0 Å². The summed E-state index contributed by atoms with van der Waals surface area (Å²) in [6.45, 7) is 4.31. The van der Waals surface area contributed by atoms with Gasteiger partial charge in [-0.3, -0.25) is 9.79 Å². The van der Waals surface area contributed by atoms with Crippen molar-refractivity contribution in [2.45, 2.75) is 26.3 Å². The summed E-state index contributed by atoms with van der Waals surface area (Å²) in [7, 11) is 1.69. The predicted octanol–water partition coefficient (Wildman–Crippen LogP) is 3.39. The maximum atomic E-state index is 12.1. The number of guanidine groups is 1. The Kier molecular flexibility index (Phi) is 9.89. The molecule has 1 amide bonds. The Bertz CT molecular complexity index is 825. The third-order valence-electron chi connectivity index (χ3n) is 3.64. The maximum Gasteiger partial charge on any atom is 0.243 e. The van der Waals surface area contributed by atoms with Crippen molar-refractivity contribution in [1.82, 2.24) is 10.6 Å². The molecule has 0 radical (unpaired) electrons. The molecule has 5 nitrogen and oxygen atoms in total. The Morgan fingerprint density at radius 3 is 2.74 bits per heavy atom. The van der Waals surface area contributed by atoms with E-state index in [1.54, 1.807) is 30.5 Å². The second-order valence-corrected chi connectivity index (χ2v) is 7.33. The minimum absolute atomic E-state index is 0. The van der Waals surface area contributed by atoms with Gasteiger partial charge >= 0.3 is 0 Å². The maximum absolute atomic E-state index is 12.1. The zero-order valence-corrected chi connectivity index (χ0v) is 18.9. The highest BCUT2D eigenvalue weighted by atomic mass is 127. The smallest absolute Gasteiger partial charge is 0.243 e. The second-order valence-electron chi connectivity index (χ2n) is 5.96. The van der Waals surface area contributed by atoms with Crippen LogP contribution in [0.1, 0.15) is 22.2 Å². The fraction of sp³-hybridized carbons (Fsp3) is 0.300. The molecule has 0 fully saturated rings. The topological polar surface area (TPSA) is 65.5 Å². The fourth-order valence-electron chi connectivity index (χ4n) is 2.43. The van der Waals surface area contributed by atoms with Crippen LogP contribution in [0.5, 0.6) is 0 Å². The highest BCUT2D eigenvalue weighted by molar-refractivity contribution is 14.0. The minimum Gasteiger partial charge on any atom is -0.354 e. The van der Waals surface area contributed by atoms with Gasteiger partial charge in [0.15, 0.2) is 5.96 Å². The summed E-state index contributed by atoms with van der Waals surface area (Å²) >= 11 is 1.79. The van der Waals surface area contributed by atoms with Gasteiger partial charge in [-0.05, 0) is 44.2 Å². The monoisotopic (exact) mass is 496 g/mol. The summed E-state index contributed by atoms with van der Waals surface area (Å²) in [5.41, 5.74) is 1.41. The Morgan fingerprint density at radius 2 is 2.11 bits per heavy atom. The first-order valence-electron chi connectivity index (χ1n) is 8.39. The van der Waals surface area contributed by atoms with E-state index in [-0.39, 0.29) is 42.5 Å². The summed E-state index contributed by atoms with van der Waals surface area (Å²) in [6, 6.07) is 11.7. The van der Waals surface area contributed by atoms with Gasteiger partial charge in [-0.2, -0.15) is 0 Å². The molecule has 1 atom stereocenters. The molecular formula is C20H25IN4OS. The number of anilines is 1. The quantitative estimate of drug-likeness (QED) is 0.249. The Morgan fingerprint density at radius 1 is 1.33 bits per heavy atom. The van der Waals surface area contributed by atoms with Crippen molar-refractivity contribution in [3.63, 3.8) is 0 Å². The summed E-state index contributed by atoms with van der Waals surface area (Å²) < 4.78 is 0. The zero-order valence-electron chi connectivity index (χ0n) is 15.7. The molecule has 0 bridgehead atoms. The summed E-state index contributed by atoms with van der Waals surface area (Å²) in [5, 5.41) is 9.14. The summed E-state index contributed by atoms with van der Waals surface area (Å²) in [6.07, 6.45) is 6.28. The number of nitrogens with zero attached hydrogens (tertiary/aromatic N) is 1. The van der Waals surface area contributed by atoms with E-state index in [2.05, 4.69) is 52.8 Å². The standard InChI is InChI=1S/C20H24N4OS.HI/c1-5-16-7-6-8-17(12-16)24-19(25)13-22-20(21-4)23-14(2)11-18-10-9-15(3)26-18;/h1,6-10,12,14H,11,13H2,2-4H3,(H,24,25)(H2,21,22,23);1H. The van der Waals surface area contributed by atoms with Crippen LogP contribution >= 0.6 is 35.3 Å². The van der Waals surface area contributed by atoms with Crippen LogP contribution in [0.15, 0.2) is 41.4 Å². The molecule has 27 heavy (non-hydrogen) atoms. The van der Waals surface area contributed by atoms with Crippen LogP contribution in [-0.4, -0.2) is 31.5 Å². The van der Waals surface area contributed by atoms with Gasteiger partial charge in [0.2, 0.25) is 5.91 Å². The van der Waals surface area contributed by atoms with Crippen molar-refractivity contribution in [1.29, 1.82) is 0 Å². The number of amides is 1. The number of halogens is 1. The van der Waals surface area contributed by atoms with Crippen LogP contribution in [0.4, 0.5) is 5.69 Å². The molecule has 0 aliphatic rings. The number of thiophene rings is 1. The largest absolute Gasteiger partial charge is 0.354 e. The number of terminal acetylenes is 1. The molecule has 0 saturated carbocycles. The van der Waals surface area contributed by atoms with Crippen molar-refractivity contribution in [2.75, 3.05) is 18.9 Å². The Hall–Kier alpha value is -2.05. The number of hydrogen-bond donors (Lipinski definition) is 3. The van der Waals surface area contributed by atoms with E-state index in [1.165, 1.54) is 9.75 Å². The van der Waals surface area contributed by atoms with Crippen LogP contribution in [-0.2, 0) is 11.2 Å². The molecule has 144 valence electrons. The zero-order chi connectivity index (χ0) is 18.9. The highest BCUT2D eigenvalue weighted by Gasteiger charge is 2.09. The summed E-state index contributed by atoms with van der Waals surface area (Å²) in [4.78, 5) is 18.9. The van der Waals surface area contributed by atoms with E-state index in [0.29, 0.717) is 11.6 Å². The number of carbonyl (C=O) groups excluding carboxylic acids is 1. The molecular weight excluding hydrogens is 471 g/mol. The third kappa shape index (κ3) is 8.01. The third-order valence-corrected chi connectivity index (χ3v) is 4.66. The normalized spacial score (nSPS) is 11.7. The Balaban J connectivity index is 0.00000364. The molecule has 0 spiro atoms. The van der Waals surface area contributed by atoms with Crippen LogP contribution < -0.4 is 16.0 Å². The number of hydrogen-bond acceptors (Lipinski definition) is 3. The lowest BCUT2D eigenvalue weighted by Gasteiger charge is -2.17. The van der Waals surface area contributed by atoms with E-state index in [9.17, 15) is 4.79 Å². The number of benzene rings is 1. The molecule has 2 aromatic rings. The lowest BCUT2D eigenvalue weighted by atomic mass is 10.2. The van der Waals surface area contributed by atoms with Crippen molar-refractivity contribution in [3.05, 3.63) is 51.7 Å². The van der Waals surface area contributed by atoms with Gasteiger partial charge in [-0.1, -0.05) is 12.0 Å². The van der Waals surface area contributed by atoms with Crippen molar-refractivity contribution < 1.29 is 4.79 Å². The highest BCUT2D eigenvalue weighted by Crippen LogP contribution is 2.16. The molecule has 1 aromatic heterocycles. The van der Waals surface area contributed by atoms with E-state index in [1.807, 2.05) is 12.1 Å². The lowest BCUT2D eigenvalue weighted by molar-refractivity contribution is -0.115. The average Bonchev–Trinajstić information content (AvgIpc) is 3.03. The first kappa shape index (κ1) is 23.0. The number of carbonyl (C=O) groups is 1. The number of aliphatic imine (C=N–C) groups is 1. The van der Waals surface area contributed by atoms with Crippen LogP contribution in [0.25, 0.3) is 0 Å². The second kappa shape index (κ2) is 11.6. The summed E-state index contributed by atoms with van der Waals surface area (Å²) in [5.74, 6) is 2.98. The minimum atomic E-state index is -0.163. The predicted molar refractivity (Wildman–Crippen MR) is 125 cm³/mol. The van der Waals surface area contributed by atoms with Gasteiger partial charge < -0.3 is 16.0 Å². The van der Waals surface area contributed by atoms with Gasteiger partial charge in [0.25, 0.3) is 0 Å². The van der Waals surface area contributed by atoms with Crippen LogP contribution in [0.2, 0.25) is 0 Å². The number of aryl methyl sites for hydroxylation is 1. The Labute approximate surface area is 182 Å². The lowest BCUT2D eigenvalue weighted by Crippen LogP contribution is -2.45. The molecule has 0 saturated heterocycles. The molecule has 1 unspecified atom stereocenters. The fourth-order valence-corrected chi connectivity index (χ4v) is 3.45. The van der Waals surface area contributed by atoms with Gasteiger partial charge in [-0.25, -0.2) is 0 Å². The SMILES string of the molecule is C#Cc1cccc(NC(=O)CNC(=NC)NC(C)Cc2ccc(C)s2)c1.I. The number of rotatable bonds is 6. The van der Waals surface area contributed by atoms with Crippen molar-refractivity contribution in [3.8, 4) is 12.3 Å². The molecule has 7 heteroatoms. The molecule has 0 aliphatic carbocycles. The van der Waals surface area contributed by atoms with E-state index in [4.69, 9.17) is 6.42 Å². The first-order valence-corrected chi connectivity index (χ1v) is 9.21. The molecule has 1 heterocycles. The van der Waals surface area contributed by atoms with Gasteiger partial charge in [0.05, 0.1) is 6.54 Å². The molecule has 2 rings (SSSR count). The van der Waals surface area contributed by atoms with Crippen LogP contribution in [0, 0.1) is 19.3 Å². The van der Waals surface area contributed by atoms with Crippen LogP contribution in [0.3, 0.4) is 0 Å². The average molecular weight is 496 g/mol. The van der Waals surface area contributed by atoms with Crippen molar-refractivity contribution >= 4 is 52.9 Å². The van der Waals surface area contributed by atoms with Gasteiger partial charge in [0.1, 0.15) is 0 Å². The molecule has 1 aromatic carbocycles. The molecule has 0 aliphatic heterocycles. The molecule has 3 N–H and O–H groups in total. The van der Waals surface area contributed by atoms with E-state index in [0.717, 1.165) is 12.0 Å². The van der Waals surface area contributed by atoms with Crippen molar-refractivity contribution in [2.24, 2.45) is 4.99 Å². The number of nitrogens with one attached hydrogen (secondary N) is 3. The first-order chi connectivity index (χ1) is 12.5. The van der Waals surface area contributed by atoms with Gasteiger partial charge in [0, 0.05) is 40.5 Å². The van der Waals surface area contributed by atoms with Gasteiger partial charge in [-0.15, -0.1) is 41.7 Å². The van der Waals surface area contributed by atoms with E-state index < -0.39 is 0 Å².